The van der Waals surface area contributed by atoms with E-state index in [2.05, 4.69) is 0 Å². The first-order valence-corrected chi connectivity index (χ1v) is 5.29. The molecule has 0 saturated carbocycles. The lowest BCUT2D eigenvalue weighted by Gasteiger charge is -2.16. The van der Waals surface area contributed by atoms with Crippen molar-refractivity contribution in [1.82, 2.24) is 0 Å². The Kier molecular flexibility index (Phi) is 4.26. The fraction of sp³-hybridized carbons (Fsp3) is 0.500. The first-order chi connectivity index (χ1) is 7.47. The molecule has 1 rings (SSSR count). The van der Waals surface area contributed by atoms with Gasteiger partial charge in [-0.3, -0.25) is 0 Å². The molecule has 0 amide bonds. The van der Waals surface area contributed by atoms with Crippen LogP contribution in [0.2, 0.25) is 0 Å². The van der Waals surface area contributed by atoms with Crippen LogP contribution in [-0.4, -0.2) is 16.8 Å². The third-order valence-corrected chi connectivity index (χ3v) is 2.33. The molecule has 0 saturated heterocycles. The maximum atomic E-state index is 13.5. The number of aliphatic hydroxyl groups is 2. The summed E-state index contributed by atoms with van der Waals surface area (Å²) in [5.74, 6) is -0.00918. The van der Waals surface area contributed by atoms with Crippen LogP contribution < -0.4 is 4.74 Å². The molecule has 0 bridgehead atoms. The Morgan fingerprint density at radius 1 is 1.25 bits per heavy atom. The van der Waals surface area contributed by atoms with Crippen molar-refractivity contribution in [3.8, 4) is 5.75 Å². The Morgan fingerprint density at radius 3 is 2.31 bits per heavy atom. The molecule has 0 unspecified atom stereocenters. The summed E-state index contributed by atoms with van der Waals surface area (Å²) in [4.78, 5) is 0. The van der Waals surface area contributed by atoms with Crippen molar-refractivity contribution in [3.63, 3.8) is 0 Å². The second-order valence-electron chi connectivity index (χ2n) is 3.87. The third kappa shape index (κ3) is 2.71. The predicted octanol–water partition coefficient (Wildman–Crippen LogP) is 2.33. The normalized spacial score (nSPS) is 11.2. The Bertz CT molecular complexity index is 362. The molecule has 0 heterocycles. The molecule has 0 radical (unpaired) electrons. The highest BCUT2D eigenvalue weighted by Gasteiger charge is 2.16. The maximum absolute atomic E-state index is 13.5. The van der Waals surface area contributed by atoms with E-state index in [1.54, 1.807) is 0 Å². The van der Waals surface area contributed by atoms with Gasteiger partial charge in [-0.15, -0.1) is 0 Å². The highest BCUT2D eigenvalue weighted by atomic mass is 19.1. The van der Waals surface area contributed by atoms with Crippen LogP contribution in [0.15, 0.2) is 12.1 Å². The summed E-state index contributed by atoms with van der Waals surface area (Å²) in [5.41, 5.74) is 0.566. The number of benzene rings is 1. The van der Waals surface area contributed by atoms with E-state index in [-0.39, 0.29) is 11.5 Å². The van der Waals surface area contributed by atoms with Crippen LogP contribution in [-0.2, 0) is 0 Å². The molecule has 2 N–H and O–H groups in total. The number of rotatable bonds is 4. The lowest BCUT2D eigenvalue weighted by Crippen LogP contribution is -2.05. The van der Waals surface area contributed by atoms with Crippen LogP contribution in [0.4, 0.5) is 4.39 Å². The SMILES string of the molecule is CCOc1cc(C(O)O)c(F)cc1C(C)C. The lowest BCUT2D eigenvalue weighted by molar-refractivity contribution is -0.0451. The van der Waals surface area contributed by atoms with E-state index in [1.807, 2.05) is 20.8 Å². The van der Waals surface area contributed by atoms with Gasteiger partial charge in [0.2, 0.25) is 0 Å². The molecule has 0 aliphatic heterocycles. The molecule has 0 fully saturated rings. The van der Waals surface area contributed by atoms with Gasteiger partial charge in [-0.2, -0.15) is 0 Å². The van der Waals surface area contributed by atoms with E-state index >= 15 is 0 Å². The number of hydrogen-bond acceptors (Lipinski definition) is 3. The van der Waals surface area contributed by atoms with Gasteiger partial charge in [0.15, 0.2) is 6.29 Å². The summed E-state index contributed by atoms with van der Waals surface area (Å²) in [6, 6.07) is 2.64. The van der Waals surface area contributed by atoms with Crippen molar-refractivity contribution in [2.45, 2.75) is 33.0 Å². The van der Waals surface area contributed by atoms with Crippen LogP contribution >= 0.6 is 0 Å². The zero-order chi connectivity index (χ0) is 12.3. The third-order valence-electron chi connectivity index (χ3n) is 2.33. The molecule has 1 aromatic carbocycles. The maximum Gasteiger partial charge on any atom is 0.181 e. The van der Waals surface area contributed by atoms with Gasteiger partial charge < -0.3 is 14.9 Å². The van der Waals surface area contributed by atoms with Gasteiger partial charge in [0, 0.05) is 5.56 Å². The van der Waals surface area contributed by atoms with Crippen LogP contribution in [0.1, 0.15) is 44.1 Å². The molecular formula is C12H17FO3. The van der Waals surface area contributed by atoms with Crippen molar-refractivity contribution in [1.29, 1.82) is 0 Å². The van der Waals surface area contributed by atoms with Crippen LogP contribution in [0.5, 0.6) is 5.75 Å². The fourth-order valence-corrected chi connectivity index (χ4v) is 1.51. The summed E-state index contributed by atoms with van der Waals surface area (Å²) < 4.78 is 18.9. The summed E-state index contributed by atoms with van der Waals surface area (Å²) in [7, 11) is 0. The fourth-order valence-electron chi connectivity index (χ4n) is 1.51. The zero-order valence-corrected chi connectivity index (χ0v) is 9.70. The van der Waals surface area contributed by atoms with Crippen molar-refractivity contribution < 1.29 is 19.3 Å². The molecule has 0 aliphatic carbocycles. The Morgan fingerprint density at radius 2 is 1.88 bits per heavy atom. The smallest absolute Gasteiger partial charge is 0.181 e. The molecule has 0 aliphatic rings. The molecule has 0 aromatic heterocycles. The standard InChI is InChI=1S/C12H17FO3/c1-4-16-11-6-9(12(14)15)10(13)5-8(11)7(2)3/h5-7,12,14-15H,4H2,1-3H3. The molecular weight excluding hydrogens is 211 g/mol. The van der Waals surface area contributed by atoms with Crippen molar-refractivity contribution in [3.05, 3.63) is 29.1 Å². The molecule has 16 heavy (non-hydrogen) atoms. The van der Waals surface area contributed by atoms with E-state index in [9.17, 15) is 4.39 Å². The second kappa shape index (κ2) is 5.27. The summed E-state index contributed by atoms with van der Waals surface area (Å²) in [6.45, 7) is 6.12. The minimum Gasteiger partial charge on any atom is -0.494 e. The first kappa shape index (κ1) is 12.9. The number of hydrogen-bond donors (Lipinski definition) is 2. The van der Waals surface area contributed by atoms with E-state index in [0.29, 0.717) is 12.4 Å². The highest BCUT2D eigenvalue weighted by molar-refractivity contribution is 5.40. The van der Waals surface area contributed by atoms with Crippen LogP contribution in [0.25, 0.3) is 0 Å². The average Bonchev–Trinajstić information content (AvgIpc) is 2.19. The minimum absolute atomic E-state index is 0.112. The van der Waals surface area contributed by atoms with Gasteiger partial charge in [-0.25, -0.2) is 4.39 Å². The van der Waals surface area contributed by atoms with E-state index in [0.717, 1.165) is 5.56 Å². The molecule has 90 valence electrons. The molecule has 3 nitrogen and oxygen atoms in total. The summed E-state index contributed by atoms with van der Waals surface area (Å²) in [6.07, 6.45) is -1.82. The van der Waals surface area contributed by atoms with E-state index in [4.69, 9.17) is 14.9 Å². The van der Waals surface area contributed by atoms with Crippen molar-refractivity contribution in [2.24, 2.45) is 0 Å². The second-order valence-corrected chi connectivity index (χ2v) is 3.87. The molecule has 4 heteroatoms. The van der Waals surface area contributed by atoms with Gasteiger partial charge in [-0.1, -0.05) is 13.8 Å². The monoisotopic (exact) mass is 228 g/mol. The average molecular weight is 228 g/mol. The highest BCUT2D eigenvalue weighted by Crippen LogP contribution is 2.31. The quantitative estimate of drug-likeness (QED) is 0.777. The van der Waals surface area contributed by atoms with E-state index in [1.165, 1.54) is 12.1 Å². The predicted molar refractivity (Wildman–Crippen MR) is 58.8 cm³/mol. The number of ether oxygens (including phenoxy) is 1. The van der Waals surface area contributed by atoms with E-state index < -0.39 is 12.1 Å². The summed E-state index contributed by atoms with van der Waals surface area (Å²) >= 11 is 0. The Labute approximate surface area is 94.5 Å². The van der Waals surface area contributed by atoms with Gasteiger partial charge in [0.1, 0.15) is 11.6 Å². The van der Waals surface area contributed by atoms with Crippen LogP contribution in [0, 0.1) is 5.82 Å². The van der Waals surface area contributed by atoms with Gasteiger partial charge in [0.05, 0.1) is 6.61 Å². The minimum atomic E-state index is -1.82. The van der Waals surface area contributed by atoms with Gasteiger partial charge >= 0.3 is 0 Å². The largest absolute Gasteiger partial charge is 0.494 e. The summed E-state index contributed by atoms with van der Waals surface area (Å²) in [5, 5.41) is 18.0. The number of halogens is 1. The molecule has 1 aromatic rings. The molecule has 0 spiro atoms. The zero-order valence-electron chi connectivity index (χ0n) is 9.70. The topological polar surface area (TPSA) is 49.7 Å². The number of aliphatic hydroxyl groups excluding tert-OH is 1. The van der Waals surface area contributed by atoms with Gasteiger partial charge in [0.25, 0.3) is 0 Å². The Balaban J connectivity index is 3.25. The van der Waals surface area contributed by atoms with Crippen LogP contribution in [0.3, 0.4) is 0 Å². The lowest BCUT2D eigenvalue weighted by atomic mass is 9.99. The first-order valence-electron chi connectivity index (χ1n) is 5.29. The Hall–Kier alpha value is -1.13. The molecule has 0 atom stereocenters. The van der Waals surface area contributed by atoms with Gasteiger partial charge in [-0.05, 0) is 30.5 Å². The van der Waals surface area contributed by atoms with Crippen molar-refractivity contribution in [2.75, 3.05) is 6.61 Å². The van der Waals surface area contributed by atoms with Crippen molar-refractivity contribution >= 4 is 0 Å².